The van der Waals surface area contributed by atoms with Gasteiger partial charge in [-0.3, -0.25) is 15.1 Å². The number of nitro groups is 1. The molecule has 1 saturated carbocycles. The quantitative estimate of drug-likeness (QED) is 0.669. The molecule has 92 valence electrons. The maximum absolute atomic E-state index is 10.9. The fourth-order valence-corrected chi connectivity index (χ4v) is 2.31. The lowest BCUT2D eigenvalue weighted by Crippen LogP contribution is -2.15. The highest BCUT2D eigenvalue weighted by atomic mass is 79.9. The first kappa shape index (κ1) is 12.3. The minimum Gasteiger partial charge on any atom is -0.378 e. The van der Waals surface area contributed by atoms with E-state index in [1.54, 1.807) is 6.20 Å². The van der Waals surface area contributed by atoms with Crippen molar-refractivity contribution >= 4 is 27.3 Å². The maximum Gasteiger partial charge on any atom is 0.311 e. The molecular formula is C11H14BrN3O2. The van der Waals surface area contributed by atoms with Gasteiger partial charge >= 0.3 is 5.69 Å². The van der Waals surface area contributed by atoms with Crippen molar-refractivity contribution in [3.63, 3.8) is 0 Å². The number of hydrogen-bond acceptors (Lipinski definition) is 4. The zero-order chi connectivity index (χ0) is 12.5. The summed E-state index contributed by atoms with van der Waals surface area (Å²) < 4.78 is 0.638. The molecule has 1 heterocycles. The number of nitrogens with zero attached hydrogens (tertiary/aromatic N) is 2. The van der Waals surface area contributed by atoms with Gasteiger partial charge in [-0.25, -0.2) is 0 Å². The first-order valence-electron chi connectivity index (χ1n) is 5.60. The number of pyridine rings is 1. The van der Waals surface area contributed by atoms with Gasteiger partial charge in [0.1, 0.15) is 11.9 Å². The van der Waals surface area contributed by atoms with E-state index in [9.17, 15) is 10.1 Å². The molecule has 0 saturated heterocycles. The number of hydrogen-bond donors (Lipinski definition) is 1. The van der Waals surface area contributed by atoms with E-state index in [-0.39, 0.29) is 5.69 Å². The van der Waals surface area contributed by atoms with Crippen LogP contribution in [0, 0.1) is 15.5 Å². The van der Waals surface area contributed by atoms with Crippen molar-refractivity contribution in [3.05, 3.63) is 27.0 Å². The van der Waals surface area contributed by atoms with Gasteiger partial charge < -0.3 is 5.32 Å². The van der Waals surface area contributed by atoms with E-state index in [0.29, 0.717) is 15.6 Å². The fraction of sp³-hybridized carbons (Fsp3) is 0.545. The molecule has 1 aliphatic rings. The molecule has 0 atom stereocenters. The van der Waals surface area contributed by atoms with Gasteiger partial charge in [-0.2, -0.15) is 0 Å². The van der Waals surface area contributed by atoms with Crippen LogP contribution in [0.3, 0.4) is 0 Å². The van der Waals surface area contributed by atoms with Crippen LogP contribution in [0.25, 0.3) is 0 Å². The van der Waals surface area contributed by atoms with E-state index in [1.165, 1.54) is 19.0 Å². The smallest absolute Gasteiger partial charge is 0.311 e. The summed E-state index contributed by atoms with van der Waals surface area (Å²) in [6.07, 6.45) is 6.36. The van der Waals surface area contributed by atoms with E-state index < -0.39 is 4.92 Å². The highest BCUT2D eigenvalue weighted by molar-refractivity contribution is 9.10. The van der Waals surface area contributed by atoms with Gasteiger partial charge in [0.05, 0.1) is 9.40 Å². The van der Waals surface area contributed by atoms with Crippen molar-refractivity contribution < 1.29 is 4.92 Å². The third-order valence-corrected chi connectivity index (χ3v) is 4.02. The van der Waals surface area contributed by atoms with Crippen molar-refractivity contribution in [3.8, 4) is 0 Å². The summed E-state index contributed by atoms with van der Waals surface area (Å²) in [7, 11) is 0. The van der Waals surface area contributed by atoms with Crippen LogP contribution < -0.4 is 5.32 Å². The van der Waals surface area contributed by atoms with Gasteiger partial charge in [0, 0.05) is 12.7 Å². The van der Waals surface area contributed by atoms with Crippen molar-refractivity contribution in [2.75, 3.05) is 11.9 Å². The number of rotatable bonds is 5. The minimum atomic E-state index is -0.411. The molecule has 1 aromatic rings. The normalized spacial score (nSPS) is 16.6. The maximum atomic E-state index is 10.9. The third kappa shape index (κ3) is 2.57. The van der Waals surface area contributed by atoms with E-state index >= 15 is 0 Å². The number of aromatic nitrogens is 1. The van der Waals surface area contributed by atoms with Gasteiger partial charge in [-0.1, -0.05) is 6.92 Å². The molecule has 0 amide bonds. The molecule has 5 nitrogen and oxygen atoms in total. The first-order valence-corrected chi connectivity index (χ1v) is 6.39. The molecule has 0 unspecified atom stereocenters. The minimum absolute atomic E-state index is 0.0197. The average molecular weight is 300 g/mol. The number of nitrogens with one attached hydrogen (secondary N) is 1. The topological polar surface area (TPSA) is 68.1 Å². The summed E-state index contributed by atoms with van der Waals surface area (Å²) in [5, 5.41) is 14.1. The Morgan fingerprint density at radius 2 is 2.29 bits per heavy atom. The lowest BCUT2D eigenvalue weighted by Gasteiger charge is -2.15. The average Bonchev–Trinajstić information content (AvgIpc) is 3.08. The van der Waals surface area contributed by atoms with Crippen LogP contribution in [0.15, 0.2) is 16.9 Å². The van der Waals surface area contributed by atoms with Crippen LogP contribution in [-0.4, -0.2) is 16.5 Å². The molecule has 0 aromatic carbocycles. The van der Waals surface area contributed by atoms with E-state index in [2.05, 4.69) is 33.2 Å². The number of anilines is 1. The molecule has 2 rings (SSSR count). The van der Waals surface area contributed by atoms with Crippen LogP contribution in [0.4, 0.5) is 11.4 Å². The van der Waals surface area contributed by atoms with E-state index in [1.807, 2.05) is 0 Å². The van der Waals surface area contributed by atoms with Gasteiger partial charge in [0.2, 0.25) is 0 Å². The Kier molecular flexibility index (Phi) is 3.33. The van der Waals surface area contributed by atoms with E-state index in [0.717, 1.165) is 13.0 Å². The highest BCUT2D eigenvalue weighted by Crippen LogP contribution is 2.49. The molecule has 1 fully saturated rings. The Balaban J connectivity index is 2.17. The summed E-state index contributed by atoms with van der Waals surface area (Å²) >= 11 is 3.30. The predicted octanol–water partition coefficient (Wildman–Crippen LogP) is 3.35. The SMILES string of the molecule is CCC1(CNc2c(Br)cncc2[N+](=O)[O-])CC1. The van der Waals surface area contributed by atoms with Crippen LogP contribution in [0.1, 0.15) is 26.2 Å². The standard InChI is InChI=1S/C11H14BrN3O2/c1-2-11(3-4-11)7-14-10-8(12)5-13-6-9(10)15(16)17/h5-6H,2-4,7H2,1H3,(H,13,14). The Labute approximate surface area is 108 Å². The molecular weight excluding hydrogens is 286 g/mol. The summed E-state index contributed by atoms with van der Waals surface area (Å²) in [5.74, 6) is 0. The molecule has 6 heteroatoms. The summed E-state index contributed by atoms with van der Waals surface area (Å²) in [6, 6.07) is 0. The van der Waals surface area contributed by atoms with Crippen LogP contribution >= 0.6 is 15.9 Å². The van der Waals surface area contributed by atoms with Crippen molar-refractivity contribution in [2.45, 2.75) is 26.2 Å². The second-order valence-electron chi connectivity index (χ2n) is 4.48. The summed E-state index contributed by atoms with van der Waals surface area (Å²) in [4.78, 5) is 14.3. The van der Waals surface area contributed by atoms with E-state index in [4.69, 9.17) is 0 Å². The second-order valence-corrected chi connectivity index (χ2v) is 5.33. The van der Waals surface area contributed by atoms with Gasteiger partial charge in [0.15, 0.2) is 0 Å². The van der Waals surface area contributed by atoms with Gasteiger partial charge in [-0.05, 0) is 40.6 Å². The molecule has 1 aliphatic carbocycles. The molecule has 0 radical (unpaired) electrons. The largest absolute Gasteiger partial charge is 0.378 e. The molecule has 1 N–H and O–H groups in total. The molecule has 1 aromatic heterocycles. The van der Waals surface area contributed by atoms with Gasteiger partial charge in [0.25, 0.3) is 0 Å². The van der Waals surface area contributed by atoms with Crippen LogP contribution in [0.5, 0.6) is 0 Å². The van der Waals surface area contributed by atoms with Gasteiger partial charge in [-0.15, -0.1) is 0 Å². The highest BCUT2D eigenvalue weighted by Gasteiger charge is 2.40. The molecule has 0 spiro atoms. The molecule has 0 aliphatic heterocycles. The second kappa shape index (κ2) is 4.60. The van der Waals surface area contributed by atoms with Crippen molar-refractivity contribution in [1.29, 1.82) is 0 Å². The molecule has 17 heavy (non-hydrogen) atoms. The lowest BCUT2D eigenvalue weighted by atomic mass is 10.0. The first-order chi connectivity index (χ1) is 8.08. The summed E-state index contributed by atoms with van der Waals surface area (Å²) in [5.41, 5.74) is 0.896. The van der Waals surface area contributed by atoms with Crippen LogP contribution in [0.2, 0.25) is 0 Å². The van der Waals surface area contributed by atoms with Crippen molar-refractivity contribution in [1.82, 2.24) is 4.98 Å². The lowest BCUT2D eigenvalue weighted by molar-refractivity contribution is -0.384. The van der Waals surface area contributed by atoms with Crippen LogP contribution in [-0.2, 0) is 0 Å². The summed E-state index contributed by atoms with van der Waals surface area (Å²) in [6.45, 7) is 2.94. The zero-order valence-corrected chi connectivity index (χ0v) is 11.2. The zero-order valence-electron chi connectivity index (χ0n) is 9.57. The Bertz CT molecular complexity index is 446. The van der Waals surface area contributed by atoms with Crippen molar-refractivity contribution in [2.24, 2.45) is 5.41 Å². The third-order valence-electron chi connectivity index (χ3n) is 3.42. The Hall–Kier alpha value is -1.17. The fourth-order valence-electron chi connectivity index (χ4n) is 1.85. The Morgan fingerprint density at radius 1 is 1.59 bits per heavy atom. The predicted molar refractivity (Wildman–Crippen MR) is 69.0 cm³/mol. The number of halogens is 1. The monoisotopic (exact) mass is 299 g/mol. The molecule has 0 bridgehead atoms. The Morgan fingerprint density at radius 3 is 2.82 bits per heavy atom.